The van der Waals surface area contributed by atoms with Crippen LogP contribution < -0.4 is 4.90 Å². The van der Waals surface area contributed by atoms with E-state index in [0.717, 1.165) is 11.3 Å². The maximum atomic E-state index is 8.92. The average molecular weight is 322 g/mol. The highest BCUT2D eigenvalue weighted by Crippen LogP contribution is 2.38. The molecule has 0 spiro atoms. The highest BCUT2D eigenvalue weighted by Gasteiger charge is 2.26. The Labute approximate surface area is 146 Å². The van der Waals surface area contributed by atoms with E-state index < -0.39 is 0 Å². The minimum Gasteiger partial charge on any atom is -0.378 e. The first-order valence-electron chi connectivity index (χ1n) is 9.24. The summed E-state index contributed by atoms with van der Waals surface area (Å²) in [6, 6.07) is 6.68. The van der Waals surface area contributed by atoms with Gasteiger partial charge >= 0.3 is 0 Å². The second-order valence-electron chi connectivity index (χ2n) is 7.62. The Morgan fingerprint density at radius 3 is 2.38 bits per heavy atom. The van der Waals surface area contributed by atoms with Crippen LogP contribution in [0.3, 0.4) is 0 Å². The van der Waals surface area contributed by atoms with Gasteiger partial charge in [-0.25, -0.2) is 0 Å². The number of nitrogens with zero attached hydrogens (tertiary/aromatic N) is 1. The third kappa shape index (κ3) is 3.19. The van der Waals surface area contributed by atoms with Gasteiger partial charge in [0.05, 0.1) is 0 Å². The molecule has 0 bridgehead atoms. The topological polar surface area (TPSA) is 27.1 Å². The Morgan fingerprint density at radius 1 is 1.08 bits per heavy atom. The molecular formula is C22H30N2. The third-order valence-electron chi connectivity index (χ3n) is 5.82. The first-order chi connectivity index (χ1) is 11.5. The van der Waals surface area contributed by atoms with Crippen LogP contribution in [0, 0.1) is 11.3 Å². The van der Waals surface area contributed by atoms with E-state index >= 15 is 0 Å². The number of anilines is 1. The summed E-state index contributed by atoms with van der Waals surface area (Å²) >= 11 is 0. The number of rotatable bonds is 4. The SMILES string of the molecule is CC1=C(C)C(c2ccc(N(C)C)cc2C(=N)C2CCCCC2)C=C1. The molecule has 1 unspecified atom stereocenters. The standard InChI is InChI=1S/C22H30N2/c1-15-10-12-19(16(15)2)20-13-11-18(24(3)4)14-21(20)22(23)17-8-6-5-7-9-17/h10-14,17,19,23H,5-9H2,1-4H3. The normalized spacial score (nSPS) is 21.4. The van der Waals surface area contributed by atoms with Crippen LogP contribution >= 0.6 is 0 Å². The van der Waals surface area contributed by atoms with E-state index in [9.17, 15) is 0 Å². The molecule has 1 N–H and O–H groups in total. The Kier molecular flexibility index (Phi) is 4.93. The molecule has 0 aliphatic heterocycles. The van der Waals surface area contributed by atoms with Crippen molar-refractivity contribution in [3.05, 3.63) is 52.6 Å². The minimum absolute atomic E-state index is 0.333. The fraction of sp³-hybridized carbons (Fsp3) is 0.500. The zero-order valence-electron chi connectivity index (χ0n) is 15.5. The average Bonchev–Trinajstić information content (AvgIpc) is 2.93. The summed E-state index contributed by atoms with van der Waals surface area (Å²) < 4.78 is 0. The number of allylic oxidation sites excluding steroid dienone is 4. The van der Waals surface area contributed by atoms with E-state index in [4.69, 9.17) is 5.41 Å². The second-order valence-corrected chi connectivity index (χ2v) is 7.62. The lowest BCUT2D eigenvalue weighted by Crippen LogP contribution is -2.21. The summed E-state index contributed by atoms with van der Waals surface area (Å²) in [5, 5.41) is 8.92. The highest BCUT2D eigenvalue weighted by molar-refractivity contribution is 6.02. The molecule has 3 rings (SSSR count). The van der Waals surface area contributed by atoms with Gasteiger partial charge < -0.3 is 10.3 Å². The zero-order valence-corrected chi connectivity index (χ0v) is 15.5. The molecule has 128 valence electrons. The van der Waals surface area contributed by atoms with E-state index in [0.29, 0.717) is 11.8 Å². The number of benzene rings is 1. The lowest BCUT2D eigenvalue weighted by molar-refractivity contribution is 0.438. The molecule has 2 aliphatic rings. The Bertz CT molecular complexity index is 688. The third-order valence-corrected chi connectivity index (χ3v) is 5.82. The Morgan fingerprint density at radius 2 is 1.79 bits per heavy atom. The van der Waals surface area contributed by atoms with Gasteiger partial charge in [-0.15, -0.1) is 0 Å². The van der Waals surface area contributed by atoms with Gasteiger partial charge in [-0.2, -0.15) is 0 Å². The molecule has 0 amide bonds. The largest absolute Gasteiger partial charge is 0.378 e. The summed E-state index contributed by atoms with van der Waals surface area (Å²) in [5.41, 5.74) is 7.31. The summed E-state index contributed by atoms with van der Waals surface area (Å²) in [6.07, 6.45) is 10.8. The van der Waals surface area contributed by atoms with Gasteiger partial charge in [0.25, 0.3) is 0 Å². The molecule has 0 aromatic heterocycles. The van der Waals surface area contributed by atoms with Crippen LogP contribution in [0.5, 0.6) is 0 Å². The van der Waals surface area contributed by atoms with Crippen LogP contribution in [-0.4, -0.2) is 19.8 Å². The first-order valence-corrected chi connectivity index (χ1v) is 9.24. The molecular weight excluding hydrogens is 292 g/mol. The molecule has 1 saturated carbocycles. The van der Waals surface area contributed by atoms with Crippen molar-refractivity contribution in [3.8, 4) is 0 Å². The molecule has 1 fully saturated rings. The van der Waals surface area contributed by atoms with Gasteiger partial charge in [-0.05, 0) is 44.4 Å². The molecule has 2 heteroatoms. The molecule has 24 heavy (non-hydrogen) atoms. The number of hydrogen-bond acceptors (Lipinski definition) is 2. The van der Waals surface area contributed by atoms with Crippen LogP contribution in [-0.2, 0) is 0 Å². The quantitative estimate of drug-likeness (QED) is 0.708. The number of hydrogen-bond donors (Lipinski definition) is 1. The van der Waals surface area contributed by atoms with Crippen LogP contribution in [0.2, 0.25) is 0 Å². The molecule has 2 aliphatic carbocycles. The van der Waals surface area contributed by atoms with Crippen LogP contribution in [0.15, 0.2) is 41.5 Å². The fourth-order valence-electron chi connectivity index (χ4n) is 4.04. The predicted octanol–water partition coefficient (Wildman–Crippen LogP) is 5.69. The van der Waals surface area contributed by atoms with E-state index in [-0.39, 0.29) is 0 Å². The Balaban J connectivity index is 2.02. The van der Waals surface area contributed by atoms with Crippen molar-refractivity contribution < 1.29 is 0 Å². The van der Waals surface area contributed by atoms with Crippen molar-refractivity contribution in [2.24, 2.45) is 5.92 Å². The summed E-state index contributed by atoms with van der Waals surface area (Å²) in [4.78, 5) is 2.14. The van der Waals surface area contributed by atoms with Crippen LogP contribution in [0.4, 0.5) is 5.69 Å². The summed E-state index contributed by atoms with van der Waals surface area (Å²) in [5.74, 6) is 0.769. The maximum Gasteiger partial charge on any atom is 0.0420 e. The van der Waals surface area contributed by atoms with Gasteiger partial charge in [-0.3, -0.25) is 0 Å². The summed E-state index contributed by atoms with van der Waals surface area (Å²) in [6.45, 7) is 4.42. The highest BCUT2D eigenvalue weighted by atomic mass is 15.1. The van der Waals surface area contributed by atoms with Gasteiger partial charge in [-0.1, -0.05) is 48.6 Å². The monoisotopic (exact) mass is 322 g/mol. The summed E-state index contributed by atoms with van der Waals surface area (Å²) in [7, 11) is 4.15. The van der Waals surface area contributed by atoms with Crippen molar-refractivity contribution in [1.29, 1.82) is 5.41 Å². The van der Waals surface area contributed by atoms with E-state index in [1.54, 1.807) is 0 Å². The number of nitrogens with one attached hydrogen (secondary N) is 1. The molecule has 2 nitrogen and oxygen atoms in total. The molecule has 0 heterocycles. The zero-order chi connectivity index (χ0) is 17.3. The molecule has 0 radical (unpaired) electrons. The van der Waals surface area contributed by atoms with Gasteiger partial charge in [0.15, 0.2) is 0 Å². The van der Waals surface area contributed by atoms with Gasteiger partial charge in [0.1, 0.15) is 0 Å². The van der Waals surface area contributed by atoms with Crippen molar-refractivity contribution in [2.75, 3.05) is 19.0 Å². The molecule has 1 aromatic rings. The van der Waals surface area contributed by atoms with Gasteiger partial charge in [0.2, 0.25) is 0 Å². The molecule has 1 aromatic carbocycles. The molecule has 1 atom stereocenters. The first kappa shape index (κ1) is 17.0. The van der Waals surface area contributed by atoms with Crippen LogP contribution in [0.1, 0.15) is 63.0 Å². The smallest absolute Gasteiger partial charge is 0.0420 e. The van der Waals surface area contributed by atoms with E-state index in [2.05, 4.69) is 63.2 Å². The van der Waals surface area contributed by atoms with E-state index in [1.807, 2.05) is 0 Å². The van der Waals surface area contributed by atoms with Crippen molar-refractivity contribution >= 4 is 11.4 Å². The minimum atomic E-state index is 0.333. The fourth-order valence-corrected chi connectivity index (χ4v) is 4.04. The maximum absolute atomic E-state index is 8.92. The lowest BCUT2D eigenvalue weighted by Gasteiger charge is -2.26. The lowest BCUT2D eigenvalue weighted by atomic mass is 9.79. The second kappa shape index (κ2) is 6.96. The van der Waals surface area contributed by atoms with Crippen LogP contribution in [0.25, 0.3) is 0 Å². The van der Waals surface area contributed by atoms with Crippen molar-refractivity contribution in [2.45, 2.75) is 51.9 Å². The molecule has 0 saturated heterocycles. The van der Waals surface area contributed by atoms with Crippen molar-refractivity contribution in [3.63, 3.8) is 0 Å². The van der Waals surface area contributed by atoms with Gasteiger partial charge in [0, 0.05) is 42.9 Å². The predicted molar refractivity (Wildman–Crippen MR) is 104 cm³/mol. The van der Waals surface area contributed by atoms with Crippen molar-refractivity contribution in [1.82, 2.24) is 0 Å². The van der Waals surface area contributed by atoms with E-state index in [1.165, 1.54) is 54.5 Å². The Hall–Kier alpha value is -1.83.